The molecule has 33 heavy (non-hydrogen) atoms. The smallest absolute Gasteiger partial charge is 0.338 e. The molecule has 1 aliphatic rings. The van der Waals surface area contributed by atoms with Crippen molar-refractivity contribution < 1.29 is 28.7 Å². The van der Waals surface area contributed by atoms with Gasteiger partial charge in [0.25, 0.3) is 0 Å². The number of carbonyl (C=O) groups is 5. The third kappa shape index (κ3) is 6.35. The summed E-state index contributed by atoms with van der Waals surface area (Å²) < 4.78 is 5.13. The van der Waals surface area contributed by atoms with Crippen molar-refractivity contribution in [1.82, 2.24) is 10.2 Å². The number of nitrogens with zero attached hydrogens (tertiary/aromatic N) is 1. The molecule has 0 atom stereocenters. The van der Waals surface area contributed by atoms with Crippen molar-refractivity contribution >= 4 is 40.8 Å². The lowest BCUT2D eigenvalue weighted by atomic mass is 9.96. The molecule has 1 saturated heterocycles. The number of carbonyl (C=O) groups excluding carboxylic acids is 5. The van der Waals surface area contributed by atoms with E-state index < -0.39 is 18.0 Å². The van der Waals surface area contributed by atoms with Gasteiger partial charge in [0.05, 0.1) is 23.5 Å². The summed E-state index contributed by atoms with van der Waals surface area (Å²) in [7, 11) is 0. The number of esters is 1. The first-order valence-electron chi connectivity index (χ1n) is 10.5. The molecule has 0 bridgehead atoms. The van der Waals surface area contributed by atoms with Crippen molar-refractivity contribution in [3.05, 3.63) is 57.3 Å². The van der Waals surface area contributed by atoms with E-state index in [-0.39, 0.29) is 48.5 Å². The van der Waals surface area contributed by atoms with Gasteiger partial charge in [-0.25, -0.2) is 4.79 Å². The van der Waals surface area contributed by atoms with Crippen molar-refractivity contribution in [1.29, 1.82) is 0 Å². The summed E-state index contributed by atoms with van der Waals surface area (Å²) in [5.74, 6) is -1.45. The highest BCUT2D eigenvalue weighted by molar-refractivity contribution is 7.14. The third-order valence-electron chi connectivity index (χ3n) is 5.06. The summed E-state index contributed by atoms with van der Waals surface area (Å²) in [5.41, 5.74) is 0.490. The number of benzene rings is 1. The van der Waals surface area contributed by atoms with E-state index in [0.29, 0.717) is 11.4 Å². The Morgan fingerprint density at radius 2 is 1.64 bits per heavy atom. The molecule has 1 fully saturated rings. The number of thiophene rings is 1. The second kappa shape index (κ2) is 10.1. The molecule has 0 radical (unpaired) electrons. The lowest BCUT2D eigenvalue weighted by Crippen LogP contribution is -2.34. The molecule has 8 nitrogen and oxygen atoms in total. The van der Waals surface area contributed by atoms with Gasteiger partial charge in [-0.3, -0.25) is 24.1 Å². The highest BCUT2D eigenvalue weighted by Crippen LogP contribution is 2.19. The Kier molecular flexibility index (Phi) is 7.43. The Labute approximate surface area is 195 Å². The maximum Gasteiger partial charge on any atom is 0.338 e. The number of hydrogen-bond acceptors (Lipinski definition) is 7. The van der Waals surface area contributed by atoms with Gasteiger partial charge in [0.2, 0.25) is 23.5 Å². The van der Waals surface area contributed by atoms with Crippen LogP contribution in [0.1, 0.15) is 64.1 Å². The predicted octanol–water partition coefficient (Wildman–Crippen LogP) is 3.10. The Morgan fingerprint density at radius 3 is 2.24 bits per heavy atom. The largest absolute Gasteiger partial charge is 0.454 e. The topological polar surface area (TPSA) is 110 Å². The van der Waals surface area contributed by atoms with Crippen LogP contribution < -0.4 is 5.32 Å². The molecule has 1 aliphatic heterocycles. The molecule has 0 saturated carbocycles. The van der Waals surface area contributed by atoms with Gasteiger partial charge in [-0.1, -0.05) is 32.9 Å². The van der Waals surface area contributed by atoms with Crippen LogP contribution in [0.15, 0.2) is 36.4 Å². The van der Waals surface area contributed by atoms with E-state index in [0.717, 1.165) is 10.4 Å². The Hall–Kier alpha value is -3.33. The molecule has 2 heterocycles. The number of amides is 3. The van der Waals surface area contributed by atoms with Gasteiger partial charge in [0.1, 0.15) is 0 Å². The monoisotopic (exact) mass is 470 g/mol. The lowest BCUT2D eigenvalue weighted by molar-refractivity contribution is -0.139. The van der Waals surface area contributed by atoms with Gasteiger partial charge < -0.3 is 10.1 Å². The van der Waals surface area contributed by atoms with Crippen LogP contribution in [0.5, 0.6) is 0 Å². The van der Waals surface area contributed by atoms with Crippen LogP contribution in [0.3, 0.4) is 0 Å². The van der Waals surface area contributed by atoms with E-state index in [9.17, 15) is 24.0 Å². The van der Waals surface area contributed by atoms with E-state index >= 15 is 0 Å². The normalized spacial score (nSPS) is 13.8. The molecule has 1 N–H and O–H groups in total. The SMILES string of the molecule is CC(C)(C)C(=O)NCc1ccc(C(=O)COC(=O)c2ccc(CN3C(=O)CCC3=O)cc2)s1. The number of hydrogen-bond donors (Lipinski definition) is 1. The fourth-order valence-corrected chi connectivity index (χ4v) is 3.94. The average Bonchev–Trinajstić information content (AvgIpc) is 3.37. The Bertz CT molecular complexity index is 1070. The van der Waals surface area contributed by atoms with Crippen LogP contribution in [0, 0.1) is 5.41 Å². The third-order valence-corrected chi connectivity index (χ3v) is 6.19. The molecular weight excluding hydrogens is 444 g/mol. The first-order valence-corrected chi connectivity index (χ1v) is 11.4. The van der Waals surface area contributed by atoms with Gasteiger partial charge in [-0.15, -0.1) is 11.3 Å². The first-order chi connectivity index (χ1) is 15.5. The first kappa shape index (κ1) is 24.3. The summed E-state index contributed by atoms with van der Waals surface area (Å²) in [4.78, 5) is 62.5. The molecule has 9 heteroatoms. The van der Waals surface area contributed by atoms with Crippen LogP contribution in [0.2, 0.25) is 0 Å². The molecule has 1 aromatic carbocycles. The van der Waals surface area contributed by atoms with E-state index in [4.69, 9.17) is 4.74 Å². The molecule has 0 aliphatic carbocycles. The van der Waals surface area contributed by atoms with Crippen LogP contribution in [-0.2, 0) is 32.2 Å². The standard InChI is InChI=1S/C24H26N2O6S/c1-24(2,3)23(31)25-12-17-8-9-19(33-17)18(27)14-32-22(30)16-6-4-15(5-7-16)13-26-20(28)10-11-21(26)29/h4-9H,10-14H2,1-3H3,(H,25,31). The van der Waals surface area contributed by atoms with Gasteiger partial charge in [-0.2, -0.15) is 0 Å². The number of ketones is 1. The van der Waals surface area contributed by atoms with Crippen molar-refractivity contribution in [2.45, 2.75) is 46.7 Å². The zero-order valence-electron chi connectivity index (χ0n) is 18.8. The van der Waals surface area contributed by atoms with E-state index in [2.05, 4.69) is 5.32 Å². The zero-order valence-corrected chi connectivity index (χ0v) is 19.6. The molecule has 0 unspecified atom stereocenters. The minimum absolute atomic E-state index is 0.0812. The number of Topliss-reactive ketones (excluding diaryl/α,β-unsaturated/α-hetero) is 1. The number of nitrogens with one attached hydrogen (secondary N) is 1. The Morgan fingerprint density at radius 1 is 1.00 bits per heavy atom. The van der Waals surface area contributed by atoms with Gasteiger partial charge >= 0.3 is 5.97 Å². The van der Waals surface area contributed by atoms with Crippen molar-refractivity contribution in [3.63, 3.8) is 0 Å². The fourth-order valence-electron chi connectivity index (χ4n) is 3.07. The summed E-state index contributed by atoms with van der Waals surface area (Å²) in [6.07, 6.45) is 0.461. The van der Waals surface area contributed by atoms with Gasteiger partial charge in [-0.05, 0) is 29.8 Å². The zero-order chi connectivity index (χ0) is 24.2. The van der Waals surface area contributed by atoms with Crippen molar-refractivity contribution in [3.8, 4) is 0 Å². The predicted molar refractivity (Wildman–Crippen MR) is 121 cm³/mol. The van der Waals surface area contributed by atoms with E-state index in [1.54, 1.807) is 24.3 Å². The minimum Gasteiger partial charge on any atom is -0.454 e. The Balaban J connectivity index is 1.49. The average molecular weight is 471 g/mol. The summed E-state index contributed by atoms with van der Waals surface area (Å²) >= 11 is 1.24. The van der Waals surface area contributed by atoms with Crippen molar-refractivity contribution in [2.75, 3.05) is 6.61 Å². The number of imide groups is 1. The molecule has 0 spiro atoms. The summed E-state index contributed by atoms with van der Waals surface area (Å²) in [5, 5.41) is 2.83. The van der Waals surface area contributed by atoms with Gasteiger partial charge in [0, 0.05) is 23.1 Å². The molecule has 3 amide bonds. The van der Waals surface area contributed by atoms with E-state index in [1.165, 1.54) is 28.4 Å². The number of likely N-dealkylation sites (tertiary alicyclic amines) is 1. The lowest BCUT2D eigenvalue weighted by Gasteiger charge is -2.17. The molecular formula is C24H26N2O6S. The highest BCUT2D eigenvalue weighted by Gasteiger charge is 2.28. The maximum atomic E-state index is 12.4. The fraction of sp³-hybridized carbons (Fsp3) is 0.375. The summed E-state index contributed by atoms with van der Waals surface area (Å²) in [6, 6.07) is 9.78. The van der Waals surface area contributed by atoms with Crippen LogP contribution in [0.25, 0.3) is 0 Å². The van der Waals surface area contributed by atoms with E-state index in [1.807, 2.05) is 20.8 Å². The molecule has 3 rings (SSSR count). The maximum absolute atomic E-state index is 12.4. The van der Waals surface area contributed by atoms with Crippen LogP contribution in [-0.4, -0.2) is 41.0 Å². The summed E-state index contributed by atoms with van der Waals surface area (Å²) in [6.45, 7) is 5.57. The number of rotatable bonds is 8. The highest BCUT2D eigenvalue weighted by atomic mass is 32.1. The minimum atomic E-state index is -0.641. The van der Waals surface area contributed by atoms with Crippen molar-refractivity contribution in [2.24, 2.45) is 5.41 Å². The van der Waals surface area contributed by atoms with Crippen LogP contribution >= 0.6 is 11.3 Å². The molecule has 2 aromatic rings. The second-order valence-electron chi connectivity index (χ2n) is 8.77. The second-order valence-corrected chi connectivity index (χ2v) is 9.94. The van der Waals surface area contributed by atoms with Crippen LogP contribution in [0.4, 0.5) is 0 Å². The molecule has 1 aromatic heterocycles. The quantitative estimate of drug-likeness (QED) is 0.361. The molecule has 174 valence electrons. The van der Waals surface area contributed by atoms with Gasteiger partial charge in [0.15, 0.2) is 6.61 Å². The number of ether oxygens (including phenoxy) is 1.